The second-order valence-corrected chi connectivity index (χ2v) is 4.26. The number of nitrogens with zero attached hydrogens (tertiary/aromatic N) is 2. The second-order valence-electron chi connectivity index (χ2n) is 2.91. The first-order valence-corrected chi connectivity index (χ1v) is 5.86. The van der Waals surface area contributed by atoms with E-state index in [2.05, 4.69) is 9.97 Å². The SMILES string of the molecule is Clc1ncccc1CSc1ccccn1. The van der Waals surface area contributed by atoms with Gasteiger partial charge in [-0.2, -0.15) is 0 Å². The van der Waals surface area contributed by atoms with E-state index in [9.17, 15) is 0 Å². The summed E-state index contributed by atoms with van der Waals surface area (Å²) in [6.07, 6.45) is 3.48. The van der Waals surface area contributed by atoms with E-state index in [1.165, 1.54) is 0 Å². The molecule has 0 aliphatic heterocycles. The standard InChI is InChI=1S/C11H9ClN2S/c12-11-9(4-3-7-14-11)8-15-10-5-1-2-6-13-10/h1-7H,8H2. The van der Waals surface area contributed by atoms with Crippen LogP contribution in [0.1, 0.15) is 5.56 Å². The van der Waals surface area contributed by atoms with Crippen molar-refractivity contribution >= 4 is 23.4 Å². The van der Waals surface area contributed by atoms with Crippen molar-refractivity contribution < 1.29 is 0 Å². The average Bonchev–Trinajstić information content (AvgIpc) is 2.29. The molecule has 76 valence electrons. The zero-order valence-electron chi connectivity index (χ0n) is 7.93. The lowest BCUT2D eigenvalue weighted by molar-refractivity contribution is 1.13. The van der Waals surface area contributed by atoms with Crippen LogP contribution in [-0.2, 0) is 5.75 Å². The van der Waals surface area contributed by atoms with Crippen LogP contribution in [0.15, 0.2) is 47.8 Å². The van der Waals surface area contributed by atoms with Crippen molar-refractivity contribution in [3.05, 3.63) is 53.4 Å². The number of rotatable bonds is 3. The number of hydrogen-bond acceptors (Lipinski definition) is 3. The minimum Gasteiger partial charge on any atom is -0.250 e. The highest BCUT2D eigenvalue weighted by Crippen LogP contribution is 2.23. The molecule has 2 rings (SSSR count). The zero-order chi connectivity index (χ0) is 10.5. The van der Waals surface area contributed by atoms with Crippen molar-refractivity contribution in [3.8, 4) is 0 Å². The second kappa shape index (κ2) is 5.14. The van der Waals surface area contributed by atoms with Crippen LogP contribution in [0, 0.1) is 0 Å². The number of pyridine rings is 2. The topological polar surface area (TPSA) is 25.8 Å². The molecule has 2 heterocycles. The fraction of sp³-hybridized carbons (Fsp3) is 0.0909. The molecule has 0 aromatic carbocycles. The van der Waals surface area contributed by atoms with Crippen LogP contribution in [-0.4, -0.2) is 9.97 Å². The van der Waals surface area contributed by atoms with Crippen molar-refractivity contribution in [1.29, 1.82) is 0 Å². The molecule has 0 aliphatic carbocycles. The summed E-state index contributed by atoms with van der Waals surface area (Å²) in [6, 6.07) is 9.72. The van der Waals surface area contributed by atoms with Gasteiger partial charge in [0.15, 0.2) is 0 Å². The van der Waals surface area contributed by atoms with Crippen molar-refractivity contribution in [2.45, 2.75) is 10.8 Å². The van der Waals surface area contributed by atoms with Crippen LogP contribution in [0.3, 0.4) is 0 Å². The van der Waals surface area contributed by atoms with Gasteiger partial charge >= 0.3 is 0 Å². The first-order valence-electron chi connectivity index (χ1n) is 4.49. The van der Waals surface area contributed by atoms with Gasteiger partial charge in [0, 0.05) is 18.1 Å². The summed E-state index contributed by atoms with van der Waals surface area (Å²) in [5.74, 6) is 0.795. The molecule has 0 amide bonds. The average molecular weight is 237 g/mol. The molecule has 0 atom stereocenters. The Hall–Kier alpha value is -1.06. The van der Waals surface area contributed by atoms with Crippen LogP contribution in [0.25, 0.3) is 0 Å². The van der Waals surface area contributed by atoms with Gasteiger partial charge in [0.2, 0.25) is 0 Å². The van der Waals surface area contributed by atoms with Crippen molar-refractivity contribution in [2.75, 3.05) is 0 Å². The largest absolute Gasteiger partial charge is 0.250 e. The molecule has 2 aromatic heterocycles. The Balaban J connectivity index is 2.03. The Morgan fingerprint density at radius 3 is 2.67 bits per heavy atom. The Labute approximate surface area is 97.7 Å². The third-order valence-corrected chi connectivity index (χ3v) is 3.18. The predicted molar refractivity (Wildman–Crippen MR) is 63.0 cm³/mol. The molecule has 0 N–H and O–H groups in total. The van der Waals surface area contributed by atoms with E-state index >= 15 is 0 Å². The maximum Gasteiger partial charge on any atom is 0.133 e. The van der Waals surface area contributed by atoms with Gasteiger partial charge in [0.05, 0.1) is 5.03 Å². The Kier molecular flexibility index (Phi) is 3.59. The van der Waals surface area contributed by atoms with E-state index in [0.29, 0.717) is 5.15 Å². The molecular weight excluding hydrogens is 228 g/mol. The number of hydrogen-bond donors (Lipinski definition) is 0. The Bertz CT molecular complexity index is 434. The maximum atomic E-state index is 5.95. The highest BCUT2D eigenvalue weighted by molar-refractivity contribution is 7.98. The van der Waals surface area contributed by atoms with E-state index < -0.39 is 0 Å². The van der Waals surface area contributed by atoms with Gasteiger partial charge in [-0.25, -0.2) is 9.97 Å². The molecule has 0 radical (unpaired) electrons. The van der Waals surface area contributed by atoms with Gasteiger partial charge in [-0.05, 0) is 23.8 Å². The quantitative estimate of drug-likeness (QED) is 0.603. The molecule has 0 saturated carbocycles. The van der Waals surface area contributed by atoms with Gasteiger partial charge in [0.25, 0.3) is 0 Å². The molecule has 2 aromatic rings. The van der Waals surface area contributed by atoms with Crippen LogP contribution >= 0.6 is 23.4 Å². The first-order chi connectivity index (χ1) is 7.36. The smallest absolute Gasteiger partial charge is 0.133 e. The Morgan fingerprint density at radius 2 is 1.93 bits per heavy atom. The fourth-order valence-electron chi connectivity index (χ4n) is 1.11. The minimum atomic E-state index is 0.570. The molecule has 0 unspecified atom stereocenters. The van der Waals surface area contributed by atoms with E-state index in [1.807, 2.05) is 30.3 Å². The molecule has 15 heavy (non-hydrogen) atoms. The van der Waals surface area contributed by atoms with Crippen molar-refractivity contribution in [3.63, 3.8) is 0 Å². The summed E-state index contributed by atoms with van der Waals surface area (Å²) in [6.45, 7) is 0. The van der Waals surface area contributed by atoms with Gasteiger partial charge in [-0.15, -0.1) is 11.8 Å². The summed E-state index contributed by atoms with van der Waals surface area (Å²) in [4.78, 5) is 8.25. The van der Waals surface area contributed by atoms with E-state index in [4.69, 9.17) is 11.6 Å². The molecule has 0 saturated heterocycles. The van der Waals surface area contributed by atoms with Gasteiger partial charge in [-0.1, -0.05) is 23.7 Å². The maximum absolute atomic E-state index is 5.95. The fourth-order valence-corrected chi connectivity index (χ4v) is 2.22. The molecule has 0 aliphatic rings. The summed E-state index contributed by atoms with van der Waals surface area (Å²) < 4.78 is 0. The summed E-state index contributed by atoms with van der Waals surface area (Å²) in [5, 5.41) is 1.57. The summed E-state index contributed by atoms with van der Waals surface area (Å²) in [5.41, 5.74) is 1.04. The molecule has 0 fully saturated rings. The zero-order valence-corrected chi connectivity index (χ0v) is 9.50. The molecule has 2 nitrogen and oxygen atoms in total. The first kappa shape index (κ1) is 10.5. The third-order valence-electron chi connectivity index (χ3n) is 1.85. The van der Waals surface area contributed by atoms with E-state index in [0.717, 1.165) is 16.3 Å². The van der Waals surface area contributed by atoms with Crippen LogP contribution < -0.4 is 0 Å². The molecular formula is C11H9ClN2S. The molecule has 0 bridgehead atoms. The number of aromatic nitrogens is 2. The predicted octanol–water partition coefficient (Wildman–Crippen LogP) is 3.42. The molecule has 4 heteroatoms. The monoisotopic (exact) mass is 236 g/mol. The van der Waals surface area contributed by atoms with Crippen LogP contribution in [0.5, 0.6) is 0 Å². The van der Waals surface area contributed by atoms with E-state index in [1.54, 1.807) is 24.2 Å². The molecule has 0 spiro atoms. The lowest BCUT2D eigenvalue weighted by atomic mass is 10.3. The highest BCUT2D eigenvalue weighted by atomic mass is 35.5. The third kappa shape index (κ3) is 2.94. The van der Waals surface area contributed by atoms with Crippen molar-refractivity contribution in [2.24, 2.45) is 0 Å². The van der Waals surface area contributed by atoms with Crippen LogP contribution in [0.2, 0.25) is 5.15 Å². The van der Waals surface area contributed by atoms with Crippen LogP contribution in [0.4, 0.5) is 0 Å². The highest BCUT2D eigenvalue weighted by Gasteiger charge is 2.01. The van der Waals surface area contributed by atoms with Gasteiger partial charge in [-0.3, -0.25) is 0 Å². The van der Waals surface area contributed by atoms with Gasteiger partial charge in [0.1, 0.15) is 5.15 Å². The van der Waals surface area contributed by atoms with Gasteiger partial charge < -0.3 is 0 Å². The summed E-state index contributed by atoms with van der Waals surface area (Å²) >= 11 is 7.60. The number of thioether (sulfide) groups is 1. The van der Waals surface area contributed by atoms with Crippen molar-refractivity contribution in [1.82, 2.24) is 9.97 Å². The Morgan fingerprint density at radius 1 is 1.07 bits per heavy atom. The normalized spacial score (nSPS) is 10.2. The number of halogens is 1. The lowest BCUT2D eigenvalue weighted by Gasteiger charge is -2.01. The van der Waals surface area contributed by atoms with E-state index in [-0.39, 0.29) is 0 Å². The minimum absolute atomic E-state index is 0.570. The summed E-state index contributed by atoms with van der Waals surface area (Å²) in [7, 11) is 0. The lowest BCUT2D eigenvalue weighted by Crippen LogP contribution is -1.86.